The van der Waals surface area contributed by atoms with Gasteiger partial charge in [0.15, 0.2) is 0 Å². The first kappa shape index (κ1) is 35.4. The van der Waals surface area contributed by atoms with Gasteiger partial charge in [0.05, 0.1) is 24.7 Å². The van der Waals surface area contributed by atoms with Gasteiger partial charge in [0.1, 0.15) is 0 Å². The molecular weight excluding hydrogens is 633 g/mol. The molecule has 0 saturated carbocycles. The van der Waals surface area contributed by atoms with Crippen LogP contribution in [0, 0.1) is 68.2 Å². The Bertz CT molecular complexity index is 2140. The van der Waals surface area contributed by atoms with E-state index in [0.29, 0.717) is 5.92 Å². The van der Waals surface area contributed by atoms with Crippen molar-refractivity contribution in [3.8, 4) is 0 Å². The molecule has 2 aliphatic heterocycles. The molecule has 2 heterocycles. The highest BCUT2D eigenvalue weighted by Gasteiger charge is 2.33. The van der Waals surface area contributed by atoms with E-state index in [1.165, 1.54) is 106 Å². The Balaban J connectivity index is 1.33. The predicted octanol–water partition coefficient (Wildman–Crippen LogP) is 12.1. The number of aryl methyl sites for hydroxylation is 9. The second-order valence-electron chi connectivity index (χ2n) is 16.1. The van der Waals surface area contributed by atoms with Crippen LogP contribution in [0.5, 0.6) is 0 Å². The van der Waals surface area contributed by atoms with E-state index in [1.54, 1.807) is 0 Å². The first-order chi connectivity index (χ1) is 24.7. The fourth-order valence-corrected chi connectivity index (χ4v) is 9.71. The summed E-state index contributed by atoms with van der Waals surface area (Å²) in [6, 6.07) is 23.2. The molecule has 0 aromatic heterocycles. The zero-order valence-corrected chi connectivity index (χ0v) is 33.5. The van der Waals surface area contributed by atoms with Gasteiger partial charge in [0, 0.05) is 41.1 Å². The highest BCUT2D eigenvalue weighted by Crippen LogP contribution is 2.43. The molecule has 0 bridgehead atoms. The second kappa shape index (κ2) is 13.5. The van der Waals surface area contributed by atoms with Gasteiger partial charge in [-0.05, 0) is 133 Å². The molecule has 3 aliphatic rings. The van der Waals surface area contributed by atoms with Crippen molar-refractivity contribution in [1.29, 1.82) is 0 Å². The Hall–Kier alpha value is -4.96. The fourth-order valence-electron chi connectivity index (χ4n) is 9.71. The smallest absolute Gasteiger partial charge is 0.0996 e. The molecule has 1 aliphatic carbocycles. The second-order valence-corrected chi connectivity index (χ2v) is 16.1. The van der Waals surface area contributed by atoms with Crippen molar-refractivity contribution in [3.63, 3.8) is 0 Å². The number of allylic oxidation sites excluding steroid dienone is 4. The highest BCUT2D eigenvalue weighted by atomic mass is 15.4. The van der Waals surface area contributed by atoms with Gasteiger partial charge in [-0.3, -0.25) is 0 Å². The van der Waals surface area contributed by atoms with E-state index in [2.05, 4.69) is 182 Å². The largest absolute Gasteiger partial charge is 0.327 e. The molecular formula is C48H56N4. The summed E-state index contributed by atoms with van der Waals surface area (Å²) in [5, 5.41) is 0. The normalized spacial score (nSPS) is 17.7. The Labute approximate surface area is 313 Å². The van der Waals surface area contributed by atoms with Crippen LogP contribution in [0.2, 0.25) is 0 Å². The Morgan fingerprint density at radius 2 is 0.846 bits per heavy atom. The van der Waals surface area contributed by atoms with Crippen LogP contribution in [0.25, 0.3) is 11.4 Å². The maximum absolute atomic E-state index is 2.58. The van der Waals surface area contributed by atoms with Crippen LogP contribution in [0.1, 0.15) is 88.4 Å². The van der Waals surface area contributed by atoms with Crippen LogP contribution >= 0.6 is 0 Å². The highest BCUT2D eigenvalue weighted by molar-refractivity contribution is 5.88. The molecule has 4 heteroatoms. The minimum Gasteiger partial charge on any atom is -0.327 e. The summed E-state index contributed by atoms with van der Waals surface area (Å²) in [5.74, 6) is 0.450. The fraction of sp³-hybridized carbons (Fsp3) is 0.333. The minimum absolute atomic E-state index is 0.450. The van der Waals surface area contributed by atoms with Gasteiger partial charge >= 0.3 is 0 Å². The van der Waals surface area contributed by atoms with Gasteiger partial charge in [-0.1, -0.05) is 95.9 Å². The van der Waals surface area contributed by atoms with Gasteiger partial charge in [-0.2, -0.15) is 0 Å². The van der Waals surface area contributed by atoms with E-state index in [4.69, 9.17) is 0 Å². The average molecular weight is 689 g/mol. The molecule has 7 rings (SSSR count). The topological polar surface area (TPSA) is 13.0 Å². The van der Waals surface area contributed by atoms with Gasteiger partial charge < -0.3 is 19.6 Å². The Kier molecular flexibility index (Phi) is 9.23. The molecule has 4 aromatic carbocycles. The monoisotopic (exact) mass is 688 g/mol. The minimum atomic E-state index is 0.450. The first-order valence-corrected chi connectivity index (χ1v) is 18.9. The van der Waals surface area contributed by atoms with Gasteiger partial charge in [-0.25, -0.2) is 0 Å². The molecule has 0 radical (unpaired) electrons. The molecule has 0 spiro atoms. The van der Waals surface area contributed by atoms with Crippen LogP contribution in [0.4, 0.5) is 17.1 Å². The van der Waals surface area contributed by atoms with Crippen molar-refractivity contribution in [2.24, 2.45) is 5.92 Å². The summed E-state index contributed by atoms with van der Waals surface area (Å²) < 4.78 is 0. The van der Waals surface area contributed by atoms with Crippen molar-refractivity contribution >= 4 is 28.5 Å². The van der Waals surface area contributed by atoms with Gasteiger partial charge in [-0.15, -0.1) is 0 Å². The maximum atomic E-state index is 2.58. The third-order valence-electron chi connectivity index (χ3n) is 11.2. The standard InChI is InChI=1S/C48H56N4/c1-29-17-33(5)45(34(6)18-29)49-25-43(51(27-49)47-37(9)21-31(3)22-38(47)10)41-13-15-42(16-14-41)44-26-50(46-35(7)19-30(2)20-36(46)8)28-52(44)48-39(11)23-32(4)24-40(48)12/h13-23,25-26,40H,24,27-28H2,1-12H3. The molecule has 4 aromatic rings. The lowest BCUT2D eigenvalue weighted by molar-refractivity contribution is 0.431. The van der Waals surface area contributed by atoms with Crippen molar-refractivity contribution < 1.29 is 0 Å². The Morgan fingerprint density at radius 3 is 1.25 bits per heavy atom. The molecule has 52 heavy (non-hydrogen) atoms. The number of hydrogen-bond donors (Lipinski definition) is 0. The molecule has 1 atom stereocenters. The number of nitrogens with zero attached hydrogens (tertiary/aromatic N) is 4. The molecule has 268 valence electrons. The number of anilines is 3. The number of benzene rings is 4. The van der Waals surface area contributed by atoms with Crippen LogP contribution in [-0.2, 0) is 0 Å². The van der Waals surface area contributed by atoms with E-state index in [0.717, 1.165) is 19.8 Å². The molecule has 0 N–H and O–H groups in total. The summed E-state index contributed by atoms with van der Waals surface area (Å²) in [5.41, 5.74) is 24.9. The molecule has 0 fully saturated rings. The van der Waals surface area contributed by atoms with Crippen molar-refractivity contribution in [3.05, 3.63) is 157 Å². The lowest BCUT2D eigenvalue weighted by atomic mass is 9.88. The summed E-state index contributed by atoms with van der Waals surface area (Å²) in [6.45, 7) is 28.6. The Morgan fingerprint density at radius 1 is 0.481 bits per heavy atom. The third kappa shape index (κ3) is 6.38. The molecule has 0 amide bonds. The zero-order chi connectivity index (χ0) is 37.2. The molecule has 4 nitrogen and oxygen atoms in total. The number of rotatable bonds is 6. The quantitative estimate of drug-likeness (QED) is 0.200. The van der Waals surface area contributed by atoms with Crippen LogP contribution in [0.15, 0.2) is 96.0 Å². The van der Waals surface area contributed by atoms with Crippen molar-refractivity contribution in [2.75, 3.05) is 28.0 Å². The van der Waals surface area contributed by atoms with Crippen molar-refractivity contribution in [1.82, 2.24) is 4.90 Å². The molecule has 1 unspecified atom stereocenters. The number of hydrogen-bond acceptors (Lipinski definition) is 4. The van der Waals surface area contributed by atoms with Crippen LogP contribution < -0.4 is 14.7 Å². The lowest BCUT2D eigenvalue weighted by Gasteiger charge is -2.34. The first-order valence-electron chi connectivity index (χ1n) is 18.9. The van der Waals surface area contributed by atoms with Crippen molar-refractivity contribution in [2.45, 2.75) is 89.5 Å². The van der Waals surface area contributed by atoms with E-state index in [-0.39, 0.29) is 0 Å². The summed E-state index contributed by atoms with van der Waals surface area (Å²) in [7, 11) is 0. The zero-order valence-electron chi connectivity index (χ0n) is 33.5. The third-order valence-corrected chi connectivity index (χ3v) is 11.2. The van der Waals surface area contributed by atoms with E-state index in [1.807, 2.05) is 0 Å². The average Bonchev–Trinajstić information content (AvgIpc) is 3.64. The molecule has 0 saturated heterocycles. The predicted molar refractivity (Wildman–Crippen MR) is 224 cm³/mol. The van der Waals surface area contributed by atoms with E-state index in [9.17, 15) is 0 Å². The maximum Gasteiger partial charge on any atom is 0.0996 e. The summed E-state index contributed by atoms with van der Waals surface area (Å²) in [4.78, 5) is 10.0. The van der Waals surface area contributed by atoms with Crippen LogP contribution in [-0.4, -0.2) is 18.2 Å². The van der Waals surface area contributed by atoms with Crippen LogP contribution in [0.3, 0.4) is 0 Å². The van der Waals surface area contributed by atoms with Gasteiger partial charge in [0.2, 0.25) is 0 Å². The van der Waals surface area contributed by atoms with E-state index < -0.39 is 0 Å². The van der Waals surface area contributed by atoms with E-state index >= 15 is 0 Å². The van der Waals surface area contributed by atoms with Gasteiger partial charge in [0.25, 0.3) is 0 Å². The summed E-state index contributed by atoms with van der Waals surface area (Å²) >= 11 is 0. The SMILES string of the molecule is CC1=CC(C)=C(N2CN(c3c(C)cc(C)cc3C)C=C2c2ccc(C3=CN(c4c(C)cc(C)cc4C)CN3c3c(C)cc(C)cc3C)cc2)C(C)C1. The lowest BCUT2D eigenvalue weighted by Crippen LogP contribution is -2.31. The summed E-state index contributed by atoms with van der Waals surface area (Å²) in [6.07, 6.45) is 8.25.